The number of imide groups is 1. The second-order valence-corrected chi connectivity index (χ2v) is 4.15. The van der Waals surface area contributed by atoms with Crippen molar-refractivity contribution in [2.24, 2.45) is 11.8 Å². The molecule has 2 saturated heterocycles. The van der Waals surface area contributed by atoms with Crippen molar-refractivity contribution in [3.05, 3.63) is 0 Å². The minimum Gasteiger partial charge on any atom is -0.317 e. The van der Waals surface area contributed by atoms with Crippen LogP contribution in [-0.4, -0.2) is 24.9 Å². The predicted octanol–water partition coefficient (Wildman–Crippen LogP) is 0.0388. The predicted molar refractivity (Wildman–Crippen MR) is 51.5 cm³/mol. The quantitative estimate of drug-likeness (QED) is 0.582. The molecule has 78 valence electrons. The molecule has 0 saturated carbocycles. The molecule has 0 aliphatic carbocycles. The number of rotatable bonds is 1. The van der Waals surface area contributed by atoms with Crippen LogP contribution in [0, 0.1) is 11.8 Å². The maximum atomic E-state index is 11.6. The Labute approximate surface area is 83.4 Å². The van der Waals surface area contributed by atoms with Crippen LogP contribution in [0.2, 0.25) is 0 Å². The fourth-order valence-corrected chi connectivity index (χ4v) is 2.41. The Bertz CT molecular complexity index is 247. The molecule has 2 heterocycles. The highest BCUT2D eigenvalue weighted by molar-refractivity contribution is 5.98. The van der Waals surface area contributed by atoms with Crippen molar-refractivity contribution in [2.75, 3.05) is 13.1 Å². The van der Waals surface area contributed by atoms with Crippen LogP contribution in [0.3, 0.4) is 0 Å². The van der Waals surface area contributed by atoms with E-state index in [0.717, 1.165) is 32.4 Å². The van der Waals surface area contributed by atoms with E-state index < -0.39 is 0 Å². The molecule has 4 nitrogen and oxygen atoms in total. The van der Waals surface area contributed by atoms with Crippen molar-refractivity contribution in [2.45, 2.75) is 25.7 Å². The van der Waals surface area contributed by atoms with Gasteiger partial charge in [0, 0.05) is 12.3 Å². The summed E-state index contributed by atoms with van der Waals surface area (Å²) in [5.41, 5.74) is 0. The highest BCUT2D eigenvalue weighted by Crippen LogP contribution is 2.27. The monoisotopic (exact) mass is 196 g/mol. The Morgan fingerprint density at radius 1 is 1.07 bits per heavy atom. The van der Waals surface area contributed by atoms with E-state index in [1.54, 1.807) is 0 Å². The standard InChI is InChI=1S/C10H16N2O2/c13-9-2-1-8(10(14)12-9)7-3-5-11-6-4-7/h7-8,11H,1-6H2,(H,12,13,14). The van der Waals surface area contributed by atoms with Gasteiger partial charge >= 0.3 is 0 Å². The average Bonchev–Trinajstić information content (AvgIpc) is 2.19. The Morgan fingerprint density at radius 2 is 1.79 bits per heavy atom. The molecule has 14 heavy (non-hydrogen) atoms. The first-order valence-corrected chi connectivity index (χ1v) is 5.32. The van der Waals surface area contributed by atoms with Crippen molar-refractivity contribution in [3.63, 3.8) is 0 Å². The van der Waals surface area contributed by atoms with Crippen molar-refractivity contribution in [1.29, 1.82) is 0 Å². The molecule has 2 rings (SSSR count). The lowest BCUT2D eigenvalue weighted by molar-refractivity contribution is -0.138. The van der Waals surface area contributed by atoms with Crippen molar-refractivity contribution in [1.82, 2.24) is 10.6 Å². The molecular formula is C10H16N2O2. The molecule has 0 aromatic rings. The maximum Gasteiger partial charge on any atom is 0.229 e. The van der Waals surface area contributed by atoms with Crippen LogP contribution < -0.4 is 10.6 Å². The fraction of sp³-hybridized carbons (Fsp3) is 0.800. The fourth-order valence-electron chi connectivity index (χ4n) is 2.41. The molecule has 1 atom stereocenters. The molecule has 0 bridgehead atoms. The summed E-state index contributed by atoms with van der Waals surface area (Å²) in [4.78, 5) is 22.5. The van der Waals surface area contributed by atoms with Crippen molar-refractivity contribution < 1.29 is 9.59 Å². The molecule has 2 fully saturated rings. The van der Waals surface area contributed by atoms with Crippen molar-refractivity contribution in [3.8, 4) is 0 Å². The van der Waals surface area contributed by atoms with Gasteiger partial charge in [-0.3, -0.25) is 14.9 Å². The lowest BCUT2D eigenvalue weighted by Crippen LogP contribution is -2.45. The van der Waals surface area contributed by atoms with Gasteiger partial charge in [-0.2, -0.15) is 0 Å². The van der Waals surface area contributed by atoms with E-state index in [4.69, 9.17) is 0 Å². The zero-order valence-electron chi connectivity index (χ0n) is 8.21. The Balaban J connectivity index is 1.95. The largest absolute Gasteiger partial charge is 0.317 e. The van der Waals surface area contributed by atoms with Gasteiger partial charge in [0.05, 0.1) is 0 Å². The van der Waals surface area contributed by atoms with Crippen LogP contribution in [0.1, 0.15) is 25.7 Å². The van der Waals surface area contributed by atoms with Gasteiger partial charge in [0.1, 0.15) is 0 Å². The van der Waals surface area contributed by atoms with Gasteiger partial charge < -0.3 is 5.32 Å². The Morgan fingerprint density at radius 3 is 2.43 bits per heavy atom. The van der Waals surface area contributed by atoms with E-state index in [2.05, 4.69) is 10.6 Å². The highest BCUT2D eigenvalue weighted by atomic mass is 16.2. The van der Waals surface area contributed by atoms with Crippen LogP contribution in [0.4, 0.5) is 0 Å². The van der Waals surface area contributed by atoms with Crippen LogP contribution in [-0.2, 0) is 9.59 Å². The number of carbonyl (C=O) groups is 2. The zero-order chi connectivity index (χ0) is 9.97. The van der Waals surface area contributed by atoms with E-state index in [1.165, 1.54) is 0 Å². The first-order valence-electron chi connectivity index (χ1n) is 5.32. The Kier molecular flexibility index (Phi) is 2.82. The lowest BCUT2D eigenvalue weighted by Gasteiger charge is -2.31. The first kappa shape index (κ1) is 9.65. The summed E-state index contributed by atoms with van der Waals surface area (Å²) < 4.78 is 0. The number of carbonyl (C=O) groups excluding carboxylic acids is 2. The summed E-state index contributed by atoms with van der Waals surface area (Å²) >= 11 is 0. The molecule has 4 heteroatoms. The van der Waals surface area contributed by atoms with E-state index in [0.29, 0.717) is 12.3 Å². The van der Waals surface area contributed by atoms with Gasteiger partial charge in [-0.25, -0.2) is 0 Å². The van der Waals surface area contributed by atoms with Crippen LogP contribution in [0.15, 0.2) is 0 Å². The van der Waals surface area contributed by atoms with Crippen LogP contribution in [0.5, 0.6) is 0 Å². The number of piperidine rings is 2. The summed E-state index contributed by atoms with van der Waals surface area (Å²) in [6, 6.07) is 0. The maximum absolute atomic E-state index is 11.6. The van der Waals surface area contributed by atoms with Gasteiger partial charge in [0.2, 0.25) is 11.8 Å². The van der Waals surface area contributed by atoms with Gasteiger partial charge in [0.25, 0.3) is 0 Å². The zero-order valence-corrected chi connectivity index (χ0v) is 8.21. The third-order valence-electron chi connectivity index (χ3n) is 3.23. The van der Waals surface area contributed by atoms with Gasteiger partial charge in [0.15, 0.2) is 0 Å². The van der Waals surface area contributed by atoms with Gasteiger partial charge in [-0.15, -0.1) is 0 Å². The topological polar surface area (TPSA) is 58.2 Å². The summed E-state index contributed by atoms with van der Waals surface area (Å²) in [5.74, 6) is 0.396. The minimum atomic E-state index is -0.111. The van der Waals surface area contributed by atoms with E-state index in [-0.39, 0.29) is 17.7 Å². The smallest absolute Gasteiger partial charge is 0.229 e. The summed E-state index contributed by atoms with van der Waals surface area (Å²) in [7, 11) is 0. The number of amides is 2. The van der Waals surface area contributed by atoms with E-state index in [1.807, 2.05) is 0 Å². The minimum absolute atomic E-state index is 0.0480. The number of hydrogen-bond donors (Lipinski definition) is 2. The van der Waals surface area contributed by atoms with Crippen LogP contribution >= 0.6 is 0 Å². The van der Waals surface area contributed by atoms with Gasteiger partial charge in [-0.05, 0) is 38.3 Å². The lowest BCUT2D eigenvalue weighted by atomic mass is 9.80. The third kappa shape index (κ3) is 1.95. The number of hydrogen-bond acceptors (Lipinski definition) is 3. The normalized spacial score (nSPS) is 30.1. The summed E-state index contributed by atoms with van der Waals surface area (Å²) in [6.07, 6.45) is 3.38. The molecule has 2 N–H and O–H groups in total. The average molecular weight is 196 g/mol. The molecule has 1 unspecified atom stereocenters. The molecular weight excluding hydrogens is 180 g/mol. The molecule has 2 amide bonds. The van der Waals surface area contributed by atoms with Gasteiger partial charge in [-0.1, -0.05) is 0 Å². The highest BCUT2D eigenvalue weighted by Gasteiger charge is 2.33. The number of nitrogens with one attached hydrogen (secondary N) is 2. The molecule has 0 radical (unpaired) electrons. The summed E-state index contributed by atoms with van der Waals surface area (Å²) in [6.45, 7) is 2.00. The molecule has 0 spiro atoms. The molecule has 0 aromatic carbocycles. The van der Waals surface area contributed by atoms with E-state index in [9.17, 15) is 9.59 Å². The van der Waals surface area contributed by atoms with E-state index >= 15 is 0 Å². The second kappa shape index (κ2) is 4.09. The third-order valence-corrected chi connectivity index (χ3v) is 3.23. The Hall–Kier alpha value is -0.900. The molecule has 2 aliphatic rings. The van der Waals surface area contributed by atoms with Crippen molar-refractivity contribution >= 4 is 11.8 Å². The molecule has 2 aliphatic heterocycles. The summed E-state index contributed by atoms with van der Waals surface area (Å²) in [5, 5.41) is 5.71. The molecule has 0 aromatic heterocycles. The SMILES string of the molecule is O=C1CCC(C2CCNCC2)C(=O)N1. The second-order valence-electron chi connectivity index (χ2n) is 4.15. The van der Waals surface area contributed by atoms with Crippen LogP contribution in [0.25, 0.3) is 0 Å². The first-order chi connectivity index (χ1) is 6.77.